The lowest BCUT2D eigenvalue weighted by Gasteiger charge is -2.06. The minimum absolute atomic E-state index is 0.0581. The van der Waals surface area contributed by atoms with Crippen LogP contribution in [0.3, 0.4) is 0 Å². The number of carbonyl (C=O) groups is 1. The van der Waals surface area contributed by atoms with Crippen LogP contribution >= 0.6 is 27.7 Å². The molecule has 0 unspecified atom stereocenters. The van der Waals surface area contributed by atoms with Gasteiger partial charge in [-0.25, -0.2) is 0 Å². The molecule has 1 aliphatic rings. The van der Waals surface area contributed by atoms with Gasteiger partial charge in [-0.1, -0.05) is 15.9 Å². The van der Waals surface area contributed by atoms with Crippen LogP contribution < -0.4 is 14.8 Å². The van der Waals surface area contributed by atoms with E-state index in [0.717, 1.165) is 9.37 Å². The van der Waals surface area contributed by atoms with E-state index in [4.69, 9.17) is 0 Å². The Kier molecular flexibility index (Phi) is 4.45. The van der Waals surface area contributed by atoms with E-state index < -0.39 is 6.29 Å². The molecule has 0 atom stereocenters. The first kappa shape index (κ1) is 16.1. The van der Waals surface area contributed by atoms with Gasteiger partial charge >= 0.3 is 6.29 Å². The monoisotopic (exact) mass is 401 g/mol. The Morgan fingerprint density at radius 1 is 1.13 bits per heavy atom. The molecule has 1 N–H and O–H groups in total. The van der Waals surface area contributed by atoms with Crippen LogP contribution in [0, 0.1) is 0 Å². The van der Waals surface area contributed by atoms with Crippen molar-refractivity contribution in [1.82, 2.24) is 0 Å². The zero-order chi connectivity index (χ0) is 16.4. The van der Waals surface area contributed by atoms with E-state index in [1.165, 1.54) is 30.0 Å². The lowest BCUT2D eigenvalue weighted by atomic mass is 10.3. The number of hydrogen-bond donors (Lipinski definition) is 1. The molecular formula is C15H10BrF2NO3S. The Bertz CT molecular complexity index is 740. The average molecular weight is 402 g/mol. The van der Waals surface area contributed by atoms with Crippen molar-refractivity contribution in [3.05, 3.63) is 46.9 Å². The number of carbonyl (C=O) groups excluding carboxylic acids is 1. The lowest BCUT2D eigenvalue weighted by molar-refractivity contribution is -0.286. The Balaban J connectivity index is 1.57. The molecule has 0 aromatic heterocycles. The Morgan fingerprint density at radius 2 is 1.83 bits per heavy atom. The van der Waals surface area contributed by atoms with E-state index in [-0.39, 0.29) is 23.2 Å². The molecule has 120 valence electrons. The van der Waals surface area contributed by atoms with Crippen molar-refractivity contribution >= 4 is 39.3 Å². The second-order valence-corrected chi connectivity index (χ2v) is 6.58. The fourth-order valence-corrected chi connectivity index (χ4v) is 2.87. The summed E-state index contributed by atoms with van der Waals surface area (Å²) in [5.41, 5.74) is 0.367. The molecule has 23 heavy (non-hydrogen) atoms. The number of nitrogens with one attached hydrogen (secondary N) is 1. The fourth-order valence-electron chi connectivity index (χ4n) is 1.90. The number of halogens is 3. The molecule has 0 aliphatic carbocycles. The third-order valence-electron chi connectivity index (χ3n) is 2.87. The van der Waals surface area contributed by atoms with Crippen LogP contribution in [0.5, 0.6) is 11.5 Å². The summed E-state index contributed by atoms with van der Waals surface area (Å²) in [6, 6.07) is 11.7. The first-order valence-electron chi connectivity index (χ1n) is 6.49. The molecule has 0 saturated heterocycles. The average Bonchev–Trinajstić information content (AvgIpc) is 2.80. The highest BCUT2D eigenvalue weighted by Gasteiger charge is 2.43. The van der Waals surface area contributed by atoms with E-state index in [0.29, 0.717) is 5.69 Å². The van der Waals surface area contributed by atoms with Gasteiger partial charge in [0.25, 0.3) is 0 Å². The fraction of sp³-hybridized carbons (Fsp3) is 0.133. The van der Waals surface area contributed by atoms with Gasteiger partial charge in [0.1, 0.15) is 0 Å². The molecular weight excluding hydrogens is 392 g/mol. The first-order chi connectivity index (χ1) is 10.9. The number of anilines is 1. The zero-order valence-electron chi connectivity index (χ0n) is 11.5. The van der Waals surface area contributed by atoms with Crippen LogP contribution in [0.2, 0.25) is 0 Å². The van der Waals surface area contributed by atoms with E-state index >= 15 is 0 Å². The summed E-state index contributed by atoms with van der Waals surface area (Å²) < 4.78 is 35.5. The van der Waals surface area contributed by atoms with Crippen molar-refractivity contribution in [1.29, 1.82) is 0 Å². The van der Waals surface area contributed by atoms with Crippen LogP contribution in [-0.4, -0.2) is 18.0 Å². The maximum Gasteiger partial charge on any atom is 0.586 e. The first-order valence-corrected chi connectivity index (χ1v) is 8.27. The van der Waals surface area contributed by atoms with E-state index in [2.05, 4.69) is 30.7 Å². The summed E-state index contributed by atoms with van der Waals surface area (Å²) in [5, 5.41) is 2.63. The number of benzene rings is 2. The Hall–Kier alpha value is -1.80. The number of hydrogen-bond acceptors (Lipinski definition) is 4. The second-order valence-electron chi connectivity index (χ2n) is 4.62. The third-order valence-corrected chi connectivity index (χ3v) is 4.41. The standard InChI is InChI=1S/C15H10BrF2NO3S/c16-9-1-4-11(5-2-9)23-8-14(20)19-10-3-6-12-13(7-10)22-15(17,18)21-12/h1-7H,8H2,(H,19,20). The molecule has 1 aliphatic heterocycles. The summed E-state index contributed by atoms with van der Waals surface area (Å²) in [5.74, 6) is -0.208. The topological polar surface area (TPSA) is 47.6 Å². The minimum Gasteiger partial charge on any atom is -0.395 e. The number of alkyl halides is 2. The van der Waals surface area contributed by atoms with Crippen molar-refractivity contribution in [2.75, 3.05) is 11.1 Å². The molecule has 0 spiro atoms. The van der Waals surface area contributed by atoms with Crippen molar-refractivity contribution in [3.63, 3.8) is 0 Å². The normalized spacial score (nSPS) is 14.6. The molecule has 2 aromatic carbocycles. The zero-order valence-corrected chi connectivity index (χ0v) is 13.9. The Labute approximate surface area is 143 Å². The molecule has 3 rings (SSSR count). The minimum atomic E-state index is -3.66. The van der Waals surface area contributed by atoms with Gasteiger partial charge in [0.15, 0.2) is 11.5 Å². The summed E-state index contributed by atoms with van der Waals surface area (Å²) in [7, 11) is 0. The van der Waals surface area contributed by atoms with Crippen LogP contribution in [0.25, 0.3) is 0 Å². The maximum atomic E-state index is 12.9. The number of ether oxygens (including phenoxy) is 2. The van der Waals surface area contributed by atoms with Gasteiger partial charge in [0, 0.05) is 21.1 Å². The quantitative estimate of drug-likeness (QED) is 0.766. The summed E-state index contributed by atoms with van der Waals surface area (Å²) >= 11 is 4.71. The van der Waals surface area contributed by atoms with Crippen LogP contribution in [0.1, 0.15) is 0 Å². The molecule has 1 heterocycles. The second kappa shape index (κ2) is 6.37. The summed E-state index contributed by atoms with van der Waals surface area (Å²) in [6.45, 7) is 0. The van der Waals surface area contributed by atoms with Crippen LogP contribution in [0.4, 0.5) is 14.5 Å². The highest BCUT2D eigenvalue weighted by molar-refractivity contribution is 9.10. The van der Waals surface area contributed by atoms with Gasteiger partial charge in [-0.05, 0) is 36.4 Å². The van der Waals surface area contributed by atoms with Crippen LogP contribution in [-0.2, 0) is 4.79 Å². The predicted octanol–water partition coefficient (Wildman–Crippen LogP) is 4.50. The highest BCUT2D eigenvalue weighted by Crippen LogP contribution is 2.42. The number of thioether (sulfide) groups is 1. The van der Waals surface area contributed by atoms with Gasteiger partial charge in [0.05, 0.1) is 5.75 Å². The Morgan fingerprint density at radius 3 is 2.57 bits per heavy atom. The van der Waals surface area contributed by atoms with Gasteiger partial charge in [0.2, 0.25) is 5.91 Å². The molecule has 2 aromatic rings. The smallest absolute Gasteiger partial charge is 0.395 e. The predicted molar refractivity (Wildman–Crippen MR) is 86.1 cm³/mol. The van der Waals surface area contributed by atoms with E-state index in [9.17, 15) is 13.6 Å². The molecule has 4 nitrogen and oxygen atoms in total. The summed E-state index contributed by atoms with van der Waals surface area (Å²) in [6.07, 6.45) is -3.66. The molecule has 0 radical (unpaired) electrons. The van der Waals surface area contributed by atoms with Gasteiger partial charge in [-0.2, -0.15) is 0 Å². The SMILES string of the molecule is O=C(CSc1ccc(Br)cc1)Nc1ccc2c(c1)OC(F)(F)O2. The summed E-state index contributed by atoms with van der Waals surface area (Å²) in [4.78, 5) is 12.9. The number of rotatable bonds is 4. The number of amides is 1. The number of fused-ring (bicyclic) bond motifs is 1. The van der Waals surface area contributed by atoms with Gasteiger partial charge in [-0.3, -0.25) is 4.79 Å². The highest BCUT2D eigenvalue weighted by atomic mass is 79.9. The molecule has 0 fully saturated rings. The molecule has 0 bridgehead atoms. The van der Waals surface area contributed by atoms with Crippen LogP contribution in [0.15, 0.2) is 51.8 Å². The lowest BCUT2D eigenvalue weighted by Crippen LogP contribution is -2.25. The van der Waals surface area contributed by atoms with E-state index in [1.807, 2.05) is 24.3 Å². The molecule has 1 amide bonds. The largest absolute Gasteiger partial charge is 0.586 e. The van der Waals surface area contributed by atoms with Crippen molar-refractivity contribution in [2.45, 2.75) is 11.2 Å². The van der Waals surface area contributed by atoms with Gasteiger partial charge < -0.3 is 14.8 Å². The van der Waals surface area contributed by atoms with E-state index in [1.54, 1.807) is 0 Å². The third kappa shape index (κ3) is 4.14. The molecule has 8 heteroatoms. The van der Waals surface area contributed by atoms with Crippen molar-refractivity contribution < 1.29 is 23.0 Å². The van der Waals surface area contributed by atoms with Crippen molar-refractivity contribution in [2.24, 2.45) is 0 Å². The maximum absolute atomic E-state index is 12.9. The molecule has 0 saturated carbocycles. The van der Waals surface area contributed by atoms with Gasteiger partial charge in [-0.15, -0.1) is 20.5 Å². The van der Waals surface area contributed by atoms with Crippen molar-refractivity contribution in [3.8, 4) is 11.5 Å².